The van der Waals surface area contributed by atoms with Crippen LogP contribution in [0.3, 0.4) is 0 Å². The second kappa shape index (κ2) is 57.4. The summed E-state index contributed by atoms with van der Waals surface area (Å²) in [6.45, 7) is 6.57. The van der Waals surface area contributed by atoms with Crippen LogP contribution in [0.25, 0.3) is 0 Å². The molecule has 0 aromatic rings. The molecule has 0 rings (SSSR count). The van der Waals surface area contributed by atoms with E-state index in [2.05, 4.69) is 93.7 Å². The molecule has 0 fully saturated rings. The molecule has 1 atom stereocenters. The molecular weight excluding hydrogens is 853 g/mol. The molecule has 0 aliphatic heterocycles. The smallest absolute Gasteiger partial charge is 0.306 e. The maximum atomic E-state index is 12.9. The zero-order chi connectivity index (χ0) is 50.0. The van der Waals surface area contributed by atoms with Crippen LogP contribution in [-0.2, 0) is 28.6 Å². The molecule has 0 radical (unpaired) electrons. The monoisotopic (exact) mass is 963 g/mol. The molecule has 0 saturated carbocycles. The van der Waals surface area contributed by atoms with E-state index in [9.17, 15) is 14.4 Å². The van der Waals surface area contributed by atoms with Gasteiger partial charge in [-0.05, 0) is 116 Å². The van der Waals surface area contributed by atoms with Crippen molar-refractivity contribution in [2.24, 2.45) is 0 Å². The molecule has 69 heavy (non-hydrogen) atoms. The highest BCUT2D eigenvalue weighted by atomic mass is 16.6. The summed E-state index contributed by atoms with van der Waals surface area (Å²) in [5.41, 5.74) is 0. The normalized spacial score (nSPS) is 12.6. The minimum absolute atomic E-state index is 0.0888. The molecule has 6 nitrogen and oxygen atoms in total. The molecule has 0 aliphatic carbocycles. The molecule has 0 aliphatic rings. The average molecular weight is 964 g/mol. The van der Waals surface area contributed by atoms with E-state index in [1.54, 1.807) is 0 Å². The predicted octanol–water partition coefficient (Wildman–Crippen LogP) is 19.8. The Hall–Kier alpha value is -3.15. The first-order valence-electron chi connectivity index (χ1n) is 29.4. The Morgan fingerprint density at radius 2 is 0.522 bits per heavy atom. The summed E-state index contributed by atoms with van der Waals surface area (Å²) in [5.74, 6) is -0.914. The molecule has 0 saturated heterocycles. The van der Waals surface area contributed by atoms with Crippen LogP contribution in [0.1, 0.15) is 290 Å². The van der Waals surface area contributed by atoms with Gasteiger partial charge in [0.05, 0.1) is 0 Å². The lowest BCUT2D eigenvalue weighted by molar-refractivity contribution is -0.167. The van der Waals surface area contributed by atoms with Gasteiger partial charge in [-0.25, -0.2) is 0 Å². The van der Waals surface area contributed by atoms with E-state index in [0.29, 0.717) is 19.3 Å². The van der Waals surface area contributed by atoms with E-state index in [0.717, 1.165) is 96.3 Å². The van der Waals surface area contributed by atoms with Gasteiger partial charge in [-0.3, -0.25) is 14.4 Å². The molecule has 0 aromatic heterocycles. The van der Waals surface area contributed by atoms with Gasteiger partial charge in [-0.1, -0.05) is 229 Å². The molecule has 0 unspecified atom stereocenters. The number of ether oxygens (including phenoxy) is 3. The van der Waals surface area contributed by atoms with Gasteiger partial charge in [0, 0.05) is 19.3 Å². The van der Waals surface area contributed by atoms with Gasteiger partial charge in [0.15, 0.2) is 6.10 Å². The first kappa shape index (κ1) is 65.8. The van der Waals surface area contributed by atoms with Gasteiger partial charge < -0.3 is 14.2 Å². The lowest BCUT2D eigenvalue weighted by Crippen LogP contribution is -2.30. The molecular formula is C63H110O6. The molecule has 0 aromatic carbocycles. The summed E-state index contributed by atoms with van der Waals surface area (Å²) >= 11 is 0. The fourth-order valence-electron chi connectivity index (χ4n) is 8.18. The van der Waals surface area contributed by atoms with Crippen LogP contribution in [0.2, 0.25) is 0 Å². The Morgan fingerprint density at radius 1 is 0.290 bits per heavy atom. The molecule has 0 bridgehead atoms. The van der Waals surface area contributed by atoms with Crippen LogP contribution >= 0.6 is 0 Å². The van der Waals surface area contributed by atoms with Gasteiger partial charge in [0.1, 0.15) is 13.2 Å². The van der Waals surface area contributed by atoms with E-state index in [1.807, 2.05) is 0 Å². The second-order valence-electron chi connectivity index (χ2n) is 19.5. The summed E-state index contributed by atoms with van der Waals surface area (Å²) < 4.78 is 16.9. The summed E-state index contributed by atoms with van der Waals surface area (Å²) in [6, 6.07) is 0. The van der Waals surface area contributed by atoms with Crippen molar-refractivity contribution in [2.75, 3.05) is 13.2 Å². The molecule has 6 heteroatoms. The predicted molar refractivity (Wildman–Crippen MR) is 298 cm³/mol. The summed E-state index contributed by atoms with van der Waals surface area (Å²) in [6.07, 6.45) is 73.1. The maximum Gasteiger partial charge on any atom is 0.306 e. The second-order valence-corrected chi connectivity index (χ2v) is 19.5. The topological polar surface area (TPSA) is 78.9 Å². The van der Waals surface area contributed by atoms with Gasteiger partial charge in [-0.2, -0.15) is 0 Å². The highest BCUT2D eigenvalue weighted by Crippen LogP contribution is 2.15. The lowest BCUT2D eigenvalue weighted by atomic mass is 10.1. The number of carbonyl (C=O) groups excluding carboxylic acids is 3. The van der Waals surface area contributed by atoms with Crippen LogP contribution in [0.5, 0.6) is 0 Å². The van der Waals surface area contributed by atoms with Crippen LogP contribution in [0.4, 0.5) is 0 Å². The SMILES string of the molecule is CCCCC/C=C\C/C=C\C/C=C\CCCCCCC(=O)O[C@@H](COC(=O)CCCCCCC/C=C\CCCCCCCC)COC(=O)CCCCCCCCCCC/C=C\C/C=C\CCCCC. The van der Waals surface area contributed by atoms with Crippen molar-refractivity contribution in [3.8, 4) is 0 Å². The number of unbranched alkanes of at least 4 members (excludes halogenated alkanes) is 30. The highest BCUT2D eigenvalue weighted by Gasteiger charge is 2.19. The molecule has 0 amide bonds. The van der Waals surface area contributed by atoms with E-state index in [-0.39, 0.29) is 31.1 Å². The van der Waals surface area contributed by atoms with E-state index in [1.165, 1.54) is 154 Å². The fraction of sp³-hybridized carbons (Fsp3) is 0.762. The van der Waals surface area contributed by atoms with E-state index in [4.69, 9.17) is 14.2 Å². The average Bonchev–Trinajstić information content (AvgIpc) is 3.35. The summed E-state index contributed by atoms with van der Waals surface area (Å²) in [5, 5.41) is 0. The zero-order valence-corrected chi connectivity index (χ0v) is 45.6. The number of carbonyl (C=O) groups is 3. The number of rotatable bonds is 53. The van der Waals surface area contributed by atoms with Crippen molar-refractivity contribution >= 4 is 17.9 Å². The van der Waals surface area contributed by atoms with Crippen LogP contribution in [-0.4, -0.2) is 37.2 Å². The third kappa shape index (κ3) is 55.6. The van der Waals surface area contributed by atoms with E-state index < -0.39 is 6.10 Å². The number of allylic oxidation sites excluding steroid dienone is 12. The quantitative estimate of drug-likeness (QED) is 0.0262. The number of hydrogen-bond acceptors (Lipinski definition) is 6. The van der Waals surface area contributed by atoms with Gasteiger partial charge >= 0.3 is 17.9 Å². The molecule has 0 spiro atoms. The zero-order valence-electron chi connectivity index (χ0n) is 45.6. The van der Waals surface area contributed by atoms with Crippen LogP contribution in [0, 0.1) is 0 Å². The Kier molecular flexibility index (Phi) is 54.8. The summed E-state index contributed by atoms with van der Waals surface area (Å²) in [4.78, 5) is 38.2. The Morgan fingerprint density at radius 3 is 0.855 bits per heavy atom. The molecule has 398 valence electrons. The molecule has 0 heterocycles. The highest BCUT2D eigenvalue weighted by molar-refractivity contribution is 5.71. The minimum Gasteiger partial charge on any atom is -0.462 e. The maximum absolute atomic E-state index is 12.9. The van der Waals surface area contributed by atoms with E-state index >= 15 is 0 Å². The van der Waals surface area contributed by atoms with Crippen molar-refractivity contribution in [1.29, 1.82) is 0 Å². The van der Waals surface area contributed by atoms with Gasteiger partial charge in [-0.15, -0.1) is 0 Å². The van der Waals surface area contributed by atoms with Crippen molar-refractivity contribution in [3.05, 3.63) is 72.9 Å². The lowest BCUT2D eigenvalue weighted by Gasteiger charge is -2.18. The summed E-state index contributed by atoms with van der Waals surface area (Å²) in [7, 11) is 0. The van der Waals surface area contributed by atoms with Crippen molar-refractivity contribution in [1.82, 2.24) is 0 Å². The largest absolute Gasteiger partial charge is 0.462 e. The standard InChI is InChI=1S/C63H110O6/c1-4-7-10-13-16-19-22-25-28-30-31-33-35-38-41-44-47-50-53-56-62(65)68-59-60(58-67-61(64)55-52-49-46-43-40-37-34-27-24-21-18-15-12-9-6-3)69-63(66)57-54-51-48-45-42-39-36-32-29-26-23-20-17-14-11-8-5-2/h16-17,19-20,25-29,34,36,39,60H,4-15,18,21-24,30-33,35,37-38,40-59H2,1-3H3/b19-16-,20-17-,28-25-,29-26-,34-27-,39-36-/t60-/m0/s1. The number of hydrogen-bond donors (Lipinski definition) is 0. The van der Waals surface area contributed by atoms with Gasteiger partial charge in [0.2, 0.25) is 0 Å². The Labute approximate surface area is 427 Å². The first-order chi connectivity index (χ1) is 34.0. The van der Waals surface area contributed by atoms with Crippen molar-refractivity contribution < 1.29 is 28.6 Å². The van der Waals surface area contributed by atoms with Crippen LogP contribution < -0.4 is 0 Å². The third-order valence-corrected chi connectivity index (χ3v) is 12.7. The van der Waals surface area contributed by atoms with Crippen molar-refractivity contribution in [2.45, 2.75) is 297 Å². The first-order valence-corrected chi connectivity index (χ1v) is 29.4. The molecule has 0 N–H and O–H groups in total. The van der Waals surface area contributed by atoms with Crippen molar-refractivity contribution in [3.63, 3.8) is 0 Å². The van der Waals surface area contributed by atoms with Crippen LogP contribution in [0.15, 0.2) is 72.9 Å². The number of esters is 3. The Bertz CT molecular complexity index is 1290. The third-order valence-electron chi connectivity index (χ3n) is 12.7. The van der Waals surface area contributed by atoms with Gasteiger partial charge in [0.25, 0.3) is 0 Å². The Balaban J connectivity index is 4.42. The minimum atomic E-state index is -0.793. The fourth-order valence-corrected chi connectivity index (χ4v) is 8.18.